The van der Waals surface area contributed by atoms with E-state index in [-0.39, 0.29) is 0 Å². The average molecular weight is 252 g/mol. The first-order valence-electron chi connectivity index (χ1n) is 5.90. The monoisotopic (exact) mass is 252 g/mol. The van der Waals surface area contributed by atoms with E-state index in [0.29, 0.717) is 11.5 Å². The molecule has 0 saturated heterocycles. The molecule has 1 atom stereocenters. The summed E-state index contributed by atoms with van der Waals surface area (Å²) in [5.41, 5.74) is 1.52. The molecule has 3 rings (SSSR count). The van der Waals surface area contributed by atoms with Crippen LogP contribution < -0.4 is 0 Å². The van der Waals surface area contributed by atoms with Gasteiger partial charge in [0.1, 0.15) is 0 Å². The van der Waals surface area contributed by atoms with Crippen molar-refractivity contribution in [2.75, 3.05) is 0 Å². The van der Waals surface area contributed by atoms with Crippen LogP contribution in [0.3, 0.4) is 0 Å². The summed E-state index contributed by atoms with van der Waals surface area (Å²) >= 11 is 0. The zero-order valence-electron chi connectivity index (χ0n) is 10.1. The average Bonchev–Trinajstić information content (AvgIpc) is 2.98. The molecule has 0 aliphatic carbocycles. The standard InChI is InChI=1S/C14H12N4O/c19-13(14-15-8-4-9-16-14)12-7-10-17-18(12)11-5-2-1-3-6-11/h1-10,13,19H. The number of aliphatic hydroxyl groups excluding tert-OH is 1. The number of para-hydroxylation sites is 1. The van der Waals surface area contributed by atoms with Gasteiger partial charge in [-0.05, 0) is 24.3 Å². The second kappa shape index (κ2) is 4.99. The zero-order valence-corrected chi connectivity index (χ0v) is 10.1. The minimum absolute atomic E-state index is 0.361. The first kappa shape index (κ1) is 11.6. The van der Waals surface area contributed by atoms with Gasteiger partial charge >= 0.3 is 0 Å². The predicted molar refractivity (Wildman–Crippen MR) is 69.7 cm³/mol. The molecule has 2 heterocycles. The second-order valence-corrected chi connectivity index (χ2v) is 4.01. The van der Waals surface area contributed by atoms with Crippen LogP contribution in [0, 0.1) is 0 Å². The number of hydrogen-bond acceptors (Lipinski definition) is 4. The van der Waals surface area contributed by atoms with E-state index in [1.54, 1.807) is 35.4 Å². The molecule has 0 radical (unpaired) electrons. The molecule has 0 spiro atoms. The molecule has 0 fully saturated rings. The van der Waals surface area contributed by atoms with Crippen LogP contribution in [0.25, 0.3) is 5.69 Å². The van der Waals surface area contributed by atoms with E-state index in [1.807, 2.05) is 30.3 Å². The van der Waals surface area contributed by atoms with Gasteiger partial charge in [0.2, 0.25) is 0 Å². The van der Waals surface area contributed by atoms with Crippen molar-refractivity contribution in [2.24, 2.45) is 0 Å². The summed E-state index contributed by atoms with van der Waals surface area (Å²) < 4.78 is 1.68. The van der Waals surface area contributed by atoms with Crippen molar-refractivity contribution < 1.29 is 5.11 Å². The number of aliphatic hydroxyl groups is 1. The molecular weight excluding hydrogens is 240 g/mol. The summed E-state index contributed by atoms with van der Waals surface area (Å²) in [5, 5.41) is 14.6. The van der Waals surface area contributed by atoms with Crippen LogP contribution in [0.5, 0.6) is 0 Å². The summed E-state index contributed by atoms with van der Waals surface area (Å²) in [6, 6.07) is 13.1. The fourth-order valence-electron chi connectivity index (χ4n) is 1.89. The summed E-state index contributed by atoms with van der Waals surface area (Å²) in [4.78, 5) is 8.13. The molecule has 0 aliphatic heterocycles. The van der Waals surface area contributed by atoms with Crippen molar-refractivity contribution in [3.8, 4) is 5.69 Å². The van der Waals surface area contributed by atoms with Gasteiger partial charge in [0.15, 0.2) is 11.9 Å². The molecule has 1 aromatic carbocycles. The van der Waals surface area contributed by atoms with Gasteiger partial charge < -0.3 is 5.11 Å². The molecule has 0 amide bonds. The highest BCUT2D eigenvalue weighted by Gasteiger charge is 2.18. The molecule has 94 valence electrons. The lowest BCUT2D eigenvalue weighted by Gasteiger charge is -2.12. The topological polar surface area (TPSA) is 63.8 Å². The Morgan fingerprint density at radius 1 is 0.895 bits per heavy atom. The predicted octanol–water partition coefficient (Wildman–Crippen LogP) is 1.74. The second-order valence-electron chi connectivity index (χ2n) is 4.01. The SMILES string of the molecule is OC(c1ncccn1)c1ccnn1-c1ccccc1. The number of hydrogen-bond donors (Lipinski definition) is 1. The van der Waals surface area contributed by atoms with Gasteiger partial charge in [-0.15, -0.1) is 0 Å². The summed E-state index contributed by atoms with van der Waals surface area (Å²) in [7, 11) is 0. The quantitative estimate of drug-likeness (QED) is 0.771. The minimum Gasteiger partial charge on any atom is -0.379 e. The van der Waals surface area contributed by atoms with E-state index >= 15 is 0 Å². The van der Waals surface area contributed by atoms with Crippen molar-refractivity contribution in [2.45, 2.75) is 6.10 Å². The van der Waals surface area contributed by atoms with Crippen LogP contribution in [0.15, 0.2) is 61.1 Å². The maximum absolute atomic E-state index is 10.3. The lowest BCUT2D eigenvalue weighted by Crippen LogP contribution is -2.11. The molecule has 19 heavy (non-hydrogen) atoms. The lowest BCUT2D eigenvalue weighted by atomic mass is 10.2. The number of benzene rings is 1. The lowest BCUT2D eigenvalue weighted by molar-refractivity contribution is 0.201. The smallest absolute Gasteiger partial charge is 0.163 e. The molecule has 1 N–H and O–H groups in total. The molecule has 3 aromatic rings. The Morgan fingerprint density at radius 2 is 1.63 bits per heavy atom. The van der Waals surface area contributed by atoms with Crippen molar-refractivity contribution >= 4 is 0 Å². The molecule has 0 aliphatic rings. The van der Waals surface area contributed by atoms with Gasteiger partial charge in [0, 0.05) is 18.6 Å². The Labute approximate surface area is 110 Å². The van der Waals surface area contributed by atoms with E-state index in [2.05, 4.69) is 15.1 Å². The van der Waals surface area contributed by atoms with Crippen molar-refractivity contribution in [1.82, 2.24) is 19.7 Å². The summed E-state index contributed by atoms with van der Waals surface area (Å²) in [5.74, 6) is 0.361. The Balaban J connectivity index is 2.01. The van der Waals surface area contributed by atoms with Crippen LogP contribution in [-0.2, 0) is 0 Å². The Morgan fingerprint density at radius 3 is 2.37 bits per heavy atom. The van der Waals surface area contributed by atoms with Crippen molar-refractivity contribution in [3.05, 3.63) is 72.6 Å². The van der Waals surface area contributed by atoms with Crippen LogP contribution in [-0.4, -0.2) is 24.9 Å². The summed E-state index contributed by atoms with van der Waals surface area (Å²) in [6.07, 6.45) is 3.96. The van der Waals surface area contributed by atoms with Gasteiger partial charge in [-0.25, -0.2) is 14.6 Å². The van der Waals surface area contributed by atoms with Crippen LogP contribution in [0.4, 0.5) is 0 Å². The third-order valence-corrected chi connectivity index (χ3v) is 2.78. The van der Waals surface area contributed by atoms with Crippen LogP contribution in [0.2, 0.25) is 0 Å². The van der Waals surface area contributed by atoms with Crippen LogP contribution >= 0.6 is 0 Å². The Kier molecular flexibility index (Phi) is 3.04. The van der Waals surface area contributed by atoms with E-state index in [1.165, 1.54) is 0 Å². The van der Waals surface area contributed by atoms with Gasteiger partial charge in [0.25, 0.3) is 0 Å². The highest BCUT2D eigenvalue weighted by atomic mass is 16.3. The van der Waals surface area contributed by atoms with Gasteiger partial charge in [0.05, 0.1) is 11.4 Å². The molecule has 5 nitrogen and oxygen atoms in total. The highest BCUT2D eigenvalue weighted by molar-refractivity contribution is 5.33. The maximum atomic E-state index is 10.3. The van der Waals surface area contributed by atoms with Gasteiger partial charge in [-0.2, -0.15) is 5.10 Å². The van der Waals surface area contributed by atoms with E-state index in [4.69, 9.17) is 0 Å². The first-order valence-corrected chi connectivity index (χ1v) is 5.90. The van der Waals surface area contributed by atoms with Crippen LogP contribution in [0.1, 0.15) is 17.6 Å². The fraction of sp³-hybridized carbons (Fsp3) is 0.0714. The summed E-state index contributed by atoms with van der Waals surface area (Å²) in [6.45, 7) is 0. The maximum Gasteiger partial charge on any atom is 0.163 e. The Bertz CT molecular complexity index is 651. The molecular formula is C14H12N4O. The van der Waals surface area contributed by atoms with Crippen molar-refractivity contribution in [1.29, 1.82) is 0 Å². The minimum atomic E-state index is -0.899. The third-order valence-electron chi connectivity index (χ3n) is 2.78. The molecule has 2 aromatic heterocycles. The third kappa shape index (κ3) is 2.23. The normalized spacial score (nSPS) is 12.3. The number of nitrogens with zero attached hydrogens (tertiary/aromatic N) is 4. The van der Waals surface area contributed by atoms with Gasteiger partial charge in [-0.1, -0.05) is 18.2 Å². The fourth-order valence-corrected chi connectivity index (χ4v) is 1.89. The first-order chi connectivity index (χ1) is 9.36. The molecule has 5 heteroatoms. The number of aromatic nitrogens is 4. The molecule has 0 saturated carbocycles. The zero-order chi connectivity index (χ0) is 13.1. The van der Waals surface area contributed by atoms with E-state index in [0.717, 1.165) is 5.69 Å². The Hall–Kier alpha value is -2.53. The molecule has 0 bridgehead atoms. The number of rotatable bonds is 3. The largest absolute Gasteiger partial charge is 0.379 e. The molecule has 1 unspecified atom stereocenters. The van der Waals surface area contributed by atoms with E-state index in [9.17, 15) is 5.11 Å². The van der Waals surface area contributed by atoms with Gasteiger partial charge in [-0.3, -0.25) is 0 Å². The highest BCUT2D eigenvalue weighted by Crippen LogP contribution is 2.20. The van der Waals surface area contributed by atoms with Crippen molar-refractivity contribution in [3.63, 3.8) is 0 Å². The van der Waals surface area contributed by atoms with E-state index < -0.39 is 6.10 Å².